The number of fused-ring (bicyclic) bond motifs is 1. The van der Waals surface area contributed by atoms with Gasteiger partial charge in [-0.25, -0.2) is 0 Å². The van der Waals surface area contributed by atoms with Crippen molar-refractivity contribution in [2.24, 2.45) is 5.73 Å². The number of nitrogens with one attached hydrogen (secondary N) is 1. The summed E-state index contributed by atoms with van der Waals surface area (Å²) in [5, 5.41) is 3.09. The molecular weight excluding hydrogens is 458 g/mol. The van der Waals surface area contributed by atoms with Gasteiger partial charge in [-0.05, 0) is 84.9 Å². The molecule has 5 nitrogen and oxygen atoms in total. The van der Waals surface area contributed by atoms with Gasteiger partial charge in [0.15, 0.2) is 0 Å². The van der Waals surface area contributed by atoms with Gasteiger partial charge in [-0.3, -0.25) is 4.79 Å². The number of nitrogens with zero attached hydrogens (tertiary/aromatic N) is 1. The highest BCUT2D eigenvalue weighted by molar-refractivity contribution is 6.07. The van der Waals surface area contributed by atoms with Gasteiger partial charge in [-0.1, -0.05) is 55.8 Å². The molecular formula is C32H37N3O2. The number of rotatable bonds is 7. The summed E-state index contributed by atoms with van der Waals surface area (Å²) < 4.78 is 5.96. The number of carbonyl (C=O) groups is 1. The summed E-state index contributed by atoms with van der Waals surface area (Å²) in [6.07, 6.45) is 7.49. The molecule has 0 saturated carbocycles. The molecule has 0 bridgehead atoms. The molecule has 2 heterocycles. The standard InChI is InChI=1S/C32H37N3O2/c1-2-35-17-4-3-5-30(35)19-23-8-13-29(14-9-23)34-32(36)27-16-18-37-31-15-12-26(20-28(31)21-27)25-10-6-24(22-33)7-11-25/h6-15,20-21,30H,2-5,16-19,22,33H2,1H3,(H,34,36). The number of anilines is 1. The first-order valence-electron chi connectivity index (χ1n) is 13.5. The van der Waals surface area contributed by atoms with Crippen molar-refractivity contribution in [3.63, 3.8) is 0 Å². The zero-order chi connectivity index (χ0) is 25.6. The van der Waals surface area contributed by atoms with Crippen LogP contribution in [0.1, 0.15) is 49.3 Å². The predicted octanol–water partition coefficient (Wildman–Crippen LogP) is 6.03. The topological polar surface area (TPSA) is 67.6 Å². The zero-order valence-electron chi connectivity index (χ0n) is 21.7. The van der Waals surface area contributed by atoms with E-state index in [2.05, 4.69) is 53.5 Å². The highest BCUT2D eigenvalue weighted by atomic mass is 16.5. The highest BCUT2D eigenvalue weighted by Crippen LogP contribution is 2.31. The van der Waals surface area contributed by atoms with Crippen LogP contribution >= 0.6 is 0 Å². The second-order valence-corrected chi connectivity index (χ2v) is 10.1. The number of hydrogen-bond acceptors (Lipinski definition) is 4. The van der Waals surface area contributed by atoms with E-state index in [0.29, 0.717) is 25.6 Å². The van der Waals surface area contributed by atoms with Crippen molar-refractivity contribution in [2.45, 2.75) is 51.6 Å². The Morgan fingerprint density at radius 1 is 1.00 bits per heavy atom. The van der Waals surface area contributed by atoms with Gasteiger partial charge < -0.3 is 20.7 Å². The fraction of sp³-hybridized carbons (Fsp3) is 0.344. The molecule has 3 aromatic carbocycles. The third-order valence-electron chi connectivity index (χ3n) is 7.62. The molecule has 1 unspecified atom stereocenters. The Bertz CT molecular complexity index is 1250. The van der Waals surface area contributed by atoms with Crippen LogP contribution in [0.2, 0.25) is 0 Å². The van der Waals surface area contributed by atoms with Gasteiger partial charge in [0.05, 0.1) is 6.61 Å². The summed E-state index contributed by atoms with van der Waals surface area (Å²) in [5.74, 6) is 0.727. The average Bonchev–Trinajstić information content (AvgIpc) is 3.16. The summed E-state index contributed by atoms with van der Waals surface area (Å²) >= 11 is 0. The van der Waals surface area contributed by atoms with Gasteiger partial charge in [0, 0.05) is 35.8 Å². The van der Waals surface area contributed by atoms with Crippen molar-refractivity contribution in [1.29, 1.82) is 0 Å². The van der Waals surface area contributed by atoms with Gasteiger partial charge in [0.25, 0.3) is 5.91 Å². The first-order valence-corrected chi connectivity index (χ1v) is 13.5. The van der Waals surface area contributed by atoms with Crippen LogP contribution in [0.3, 0.4) is 0 Å². The second kappa shape index (κ2) is 11.8. The number of carbonyl (C=O) groups excluding carboxylic acids is 1. The minimum Gasteiger partial charge on any atom is -0.493 e. The van der Waals surface area contributed by atoms with E-state index in [1.165, 1.54) is 31.4 Å². The molecule has 0 aliphatic carbocycles. The number of hydrogen-bond donors (Lipinski definition) is 2. The molecule has 5 rings (SSSR count). The minimum atomic E-state index is -0.0775. The Balaban J connectivity index is 1.28. The maximum absolute atomic E-state index is 13.2. The second-order valence-electron chi connectivity index (χ2n) is 10.1. The number of nitrogens with two attached hydrogens (primary N) is 1. The van der Waals surface area contributed by atoms with Crippen LogP contribution in [0, 0.1) is 0 Å². The molecule has 2 aliphatic rings. The Kier molecular flexibility index (Phi) is 8.02. The Labute approximate surface area is 220 Å². The van der Waals surface area contributed by atoms with Gasteiger partial charge in [0.1, 0.15) is 5.75 Å². The lowest BCUT2D eigenvalue weighted by Gasteiger charge is -2.35. The molecule has 1 atom stereocenters. The summed E-state index contributed by atoms with van der Waals surface area (Å²) in [5.41, 5.74) is 12.8. The molecule has 3 N–H and O–H groups in total. The lowest BCUT2D eigenvalue weighted by atomic mass is 9.95. The maximum Gasteiger partial charge on any atom is 0.251 e. The normalized spacial score (nSPS) is 17.8. The monoisotopic (exact) mass is 495 g/mol. The highest BCUT2D eigenvalue weighted by Gasteiger charge is 2.21. The molecule has 192 valence electrons. The SMILES string of the molecule is CCN1CCCCC1Cc1ccc(NC(=O)C2=Cc3cc(-c4ccc(CN)cc4)ccc3OCC2)cc1. The van der Waals surface area contributed by atoms with Crippen LogP contribution in [0.4, 0.5) is 5.69 Å². The average molecular weight is 496 g/mol. The smallest absolute Gasteiger partial charge is 0.251 e. The third-order valence-corrected chi connectivity index (χ3v) is 7.62. The fourth-order valence-electron chi connectivity index (χ4n) is 5.43. The fourth-order valence-corrected chi connectivity index (χ4v) is 5.43. The van der Waals surface area contributed by atoms with Crippen LogP contribution in [0.5, 0.6) is 5.75 Å². The quantitative estimate of drug-likeness (QED) is 0.420. The lowest BCUT2D eigenvalue weighted by Crippen LogP contribution is -2.40. The first kappa shape index (κ1) is 25.2. The number of benzene rings is 3. The van der Waals surface area contributed by atoms with E-state index >= 15 is 0 Å². The van der Waals surface area contributed by atoms with Gasteiger partial charge >= 0.3 is 0 Å². The van der Waals surface area contributed by atoms with Crippen molar-refractivity contribution >= 4 is 17.7 Å². The van der Waals surface area contributed by atoms with Crippen molar-refractivity contribution in [3.05, 3.63) is 89.0 Å². The van der Waals surface area contributed by atoms with Crippen LogP contribution in [-0.4, -0.2) is 36.5 Å². The number of likely N-dealkylation sites (tertiary alicyclic amines) is 1. The van der Waals surface area contributed by atoms with Crippen LogP contribution < -0.4 is 15.8 Å². The molecule has 0 radical (unpaired) electrons. The molecule has 1 amide bonds. The molecule has 3 aromatic rings. The summed E-state index contributed by atoms with van der Waals surface area (Å²) in [6, 6.07) is 23.4. The zero-order valence-corrected chi connectivity index (χ0v) is 21.7. The first-order chi connectivity index (χ1) is 18.1. The lowest BCUT2D eigenvalue weighted by molar-refractivity contribution is -0.113. The van der Waals surface area contributed by atoms with E-state index in [4.69, 9.17) is 10.5 Å². The van der Waals surface area contributed by atoms with Crippen molar-refractivity contribution in [3.8, 4) is 16.9 Å². The third kappa shape index (κ3) is 6.12. The van der Waals surface area contributed by atoms with E-state index in [9.17, 15) is 4.79 Å². The van der Waals surface area contributed by atoms with Crippen LogP contribution in [0.15, 0.2) is 72.3 Å². The molecule has 1 fully saturated rings. The molecule has 2 aliphatic heterocycles. The Morgan fingerprint density at radius 3 is 2.51 bits per heavy atom. The van der Waals surface area contributed by atoms with E-state index in [-0.39, 0.29) is 5.91 Å². The van der Waals surface area contributed by atoms with Crippen molar-refractivity contribution in [2.75, 3.05) is 25.0 Å². The van der Waals surface area contributed by atoms with Gasteiger partial charge in [0.2, 0.25) is 0 Å². The van der Waals surface area contributed by atoms with E-state index in [1.54, 1.807) is 0 Å². The maximum atomic E-state index is 13.2. The number of amides is 1. The van der Waals surface area contributed by atoms with Crippen molar-refractivity contribution in [1.82, 2.24) is 4.90 Å². The Hall–Kier alpha value is -3.41. The van der Waals surface area contributed by atoms with Crippen LogP contribution in [-0.2, 0) is 17.8 Å². The van der Waals surface area contributed by atoms with E-state index in [0.717, 1.165) is 52.2 Å². The predicted molar refractivity (Wildman–Crippen MR) is 152 cm³/mol. The molecule has 5 heteroatoms. The van der Waals surface area contributed by atoms with E-state index in [1.807, 2.05) is 36.4 Å². The summed E-state index contributed by atoms with van der Waals surface area (Å²) in [7, 11) is 0. The molecule has 1 saturated heterocycles. The number of piperidine rings is 1. The minimum absolute atomic E-state index is 0.0775. The summed E-state index contributed by atoms with van der Waals surface area (Å²) in [6.45, 7) is 5.58. The largest absolute Gasteiger partial charge is 0.493 e. The van der Waals surface area contributed by atoms with Gasteiger partial charge in [-0.15, -0.1) is 0 Å². The molecule has 0 spiro atoms. The summed E-state index contributed by atoms with van der Waals surface area (Å²) in [4.78, 5) is 15.8. The number of ether oxygens (including phenoxy) is 1. The van der Waals surface area contributed by atoms with Crippen LogP contribution in [0.25, 0.3) is 17.2 Å². The van der Waals surface area contributed by atoms with Gasteiger partial charge in [-0.2, -0.15) is 0 Å². The molecule has 37 heavy (non-hydrogen) atoms. The van der Waals surface area contributed by atoms with E-state index < -0.39 is 0 Å². The molecule has 0 aromatic heterocycles. The number of likely N-dealkylation sites (N-methyl/N-ethyl adjacent to an activating group) is 1. The van der Waals surface area contributed by atoms with Crippen molar-refractivity contribution < 1.29 is 9.53 Å². The Morgan fingerprint density at radius 2 is 1.76 bits per heavy atom.